The Hall–Kier alpha value is -3.15. The van der Waals surface area contributed by atoms with Gasteiger partial charge in [0, 0.05) is 43.7 Å². The zero-order valence-corrected chi connectivity index (χ0v) is 16.0. The van der Waals surface area contributed by atoms with E-state index in [2.05, 4.69) is 10.3 Å². The van der Waals surface area contributed by atoms with Crippen LogP contribution in [0.2, 0.25) is 0 Å². The second-order valence-corrected chi connectivity index (χ2v) is 6.80. The normalized spacial score (nSPS) is 14.8. The van der Waals surface area contributed by atoms with Gasteiger partial charge in [0.25, 0.3) is 5.91 Å². The van der Waals surface area contributed by atoms with Crippen LogP contribution >= 0.6 is 0 Å². The van der Waals surface area contributed by atoms with Crippen molar-refractivity contribution in [1.82, 2.24) is 15.2 Å². The summed E-state index contributed by atoms with van der Waals surface area (Å²) in [4.78, 5) is 30.4. The smallest absolute Gasteiger partial charge is 0.252 e. The lowest BCUT2D eigenvalue weighted by molar-refractivity contribution is -0.127. The average molecular weight is 379 g/mol. The van der Waals surface area contributed by atoms with Crippen LogP contribution in [0.3, 0.4) is 0 Å². The highest BCUT2D eigenvalue weighted by Gasteiger charge is 2.22. The first-order chi connectivity index (χ1) is 13.7. The fourth-order valence-corrected chi connectivity index (χ4v) is 3.26. The molecule has 28 heavy (non-hydrogen) atoms. The molecule has 0 spiro atoms. The van der Waals surface area contributed by atoms with E-state index in [4.69, 9.17) is 4.74 Å². The Balaban J connectivity index is 1.45. The van der Waals surface area contributed by atoms with Gasteiger partial charge in [0.15, 0.2) is 0 Å². The van der Waals surface area contributed by atoms with Gasteiger partial charge in [0.2, 0.25) is 5.91 Å². The SMILES string of the molecule is COc1ccccc1/C=C/C(=O)N1CCC(CNC(=O)c2cccnc2)CC1. The summed E-state index contributed by atoms with van der Waals surface area (Å²) in [6.07, 6.45) is 8.35. The molecule has 6 heteroatoms. The van der Waals surface area contributed by atoms with Crippen LogP contribution in [-0.2, 0) is 4.79 Å². The molecular formula is C22H25N3O3. The summed E-state index contributed by atoms with van der Waals surface area (Å²) >= 11 is 0. The predicted octanol–water partition coefficient (Wildman–Crippen LogP) is 2.77. The Kier molecular flexibility index (Phi) is 6.78. The molecule has 1 aromatic carbocycles. The van der Waals surface area contributed by atoms with E-state index in [0.29, 0.717) is 31.1 Å². The maximum Gasteiger partial charge on any atom is 0.252 e. The first-order valence-corrected chi connectivity index (χ1v) is 9.45. The summed E-state index contributed by atoms with van der Waals surface area (Å²) in [6.45, 7) is 2.01. The van der Waals surface area contributed by atoms with Gasteiger partial charge in [-0.2, -0.15) is 0 Å². The highest BCUT2D eigenvalue weighted by molar-refractivity contribution is 5.94. The number of carbonyl (C=O) groups is 2. The minimum absolute atomic E-state index is 0.00347. The molecule has 0 saturated carbocycles. The van der Waals surface area contributed by atoms with Crippen molar-refractivity contribution in [2.75, 3.05) is 26.7 Å². The van der Waals surface area contributed by atoms with Crippen LogP contribution in [0.15, 0.2) is 54.9 Å². The van der Waals surface area contributed by atoms with E-state index in [1.165, 1.54) is 0 Å². The summed E-state index contributed by atoms with van der Waals surface area (Å²) in [7, 11) is 1.62. The molecule has 146 valence electrons. The number of aromatic nitrogens is 1. The molecule has 2 amide bonds. The third-order valence-electron chi connectivity index (χ3n) is 4.95. The van der Waals surface area contributed by atoms with Crippen molar-refractivity contribution in [2.45, 2.75) is 12.8 Å². The summed E-state index contributed by atoms with van der Waals surface area (Å²) in [5, 5.41) is 2.96. The molecule has 2 aromatic rings. The molecule has 1 saturated heterocycles. The summed E-state index contributed by atoms with van der Waals surface area (Å²) in [6, 6.07) is 11.1. The molecule has 3 rings (SSSR count). The first kappa shape index (κ1) is 19.6. The van der Waals surface area contributed by atoms with Crippen molar-refractivity contribution >= 4 is 17.9 Å². The van der Waals surface area contributed by atoms with Crippen molar-refractivity contribution in [2.24, 2.45) is 5.92 Å². The zero-order valence-electron chi connectivity index (χ0n) is 16.0. The Morgan fingerprint density at radius 3 is 2.71 bits per heavy atom. The maximum absolute atomic E-state index is 12.5. The summed E-state index contributed by atoms with van der Waals surface area (Å²) in [5.41, 5.74) is 1.45. The monoisotopic (exact) mass is 379 g/mol. The zero-order chi connectivity index (χ0) is 19.8. The van der Waals surface area contributed by atoms with Crippen molar-refractivity contribution in [3.63, 3.8) is 0 Å². The Labute approximate surface area is 165 Å². The van der Waals surface area contributed by atoms with Crippen molar-refractivity contribution in [1.29, 1.82) is 0 Å². The highest BCUT2D eigenvalue weighted by atomic mass is 16.5. The van der Waals surface area contributed by atoms with Gasteiger partial charge in [0.05, 0.1) is 12.7 Å². The van der Waals surface area contributed by atoms with Crippen LogP contribution in [-0.4, -0.2) is 48.4 Å². The van der Waals surface area contributed by atoms with E-state index in [1.54, 1.807) is 43.8 Å². The lowest BCUT2D eigenvalue weighted by Gasteiger charge is -2.31. The summed E-state index contributed by atoms with van der Waals surface area (Å²) < 4.78 is 5.30. The molecule has 0 unspecified atom stereocenters. The van der Waals surface area contributed by atoms with Crippen LogP contribution in [0.1, 0.15) is 28.8 Å². The van der Waals surface area contributed by atoms with Gasteiger partial charge < -0.3 is 15.0 Å². The number of amides is 2. The van der Waals surface area contributed by atoms with E-state index < -0.39 is 0 Å². The summed E-state index contributed by atoms with van der Waals surface area (Å²) in [5.74, 6) is 1.02. The lowest BCUT2D eigenvalue weighted by atomic mass is 9.96. The molecule has 1 aliphatic rings. The van der Waals surface area contributed by atoms with Crippen LogP contribution < -0.4 is 10.1 Å². The molecule has 1 aliphatic heterocycles. The quantitative estimate of drug-likeness (QED) is 0.784. The molecule has 0 aliphatic carbocycles. The Morgan fingerprint density at radius 1 is 1.21 bits per heavy atom. The number of rotatable bonds is 6. The molecule has 2 heterocycles. The number of likely N-dealkylation sites (tertiary alicyclic amines) is 1. The predicted molar refractivity (Wildman–Crippen MR) is 108 cm³/mol. The molecule has 0 atom stereocenters. The van der Waals surface area contributed by atoms with E-state index in [0.717, 1.165) is 24.2 Å². The molecule has 6 nitrogen and oxygen atoms in total. The van der Waals surface area contributed by atoms with Gasteiger partial charge in [-0.15, -0.1) is 0 Å². The Bertz CT molecular complexity index is 828. The third-order valence-corrected chi connectivity index (χ3v) is 4.95. The standard InChI is InChI=1S/C22H25N3O3/c1-28-20-7-3-2-5-18(20)8-9-21(26)25-13-10-17(11-14-25)15-24-22(27)19-6-4-12-23-16-19/h2-9,12,16-17H,10-11,13-15H2,1H3,(H,24,27)/b9-8+. The molecule has 1 N–H and O–H groups in total. The topological polar surface area (TPSA) is 71.5 Å². The minimum atomic E-state index is -0.105. The number of nitrogens with one attached hydrogen (secondary N) is 1. The van der Waals surface area contributed by atoms with E-state index in [-0.39, 0.29) is 11.8 Å². The molecule has 1 fully saturated rings. The number of benzene rings is 1. The second kappa shape index (κ2) is 9.69. The van der Waals surface area contributed by atoms with Crippen molar-refractivity contribution in [3.05, 3.63) is 66.0 Å². The van der Waals surface area contributed by atoms with Crippen molar-refractivity contribution < 1.29 is 14.3 Å². The number of hydrogen-bond donors (Lipinski definition) is 1. The van der Waals surface area contributed by atoms with Crippen LogP contribution in [0.5, 0.6) is 5.75 Å². The van der Waals surface area contributed by atoms with E-state index in [1.807, 2.05) is 29.2 Å². The van der Waals surface area contributed by atoms with Gasteiger partial charge in [-0.05, 0) is 43.0 Å². The fourth-order valence-electron chi connectivity index (χ4n) is 3.26. The largest absolute Gasteiger partial charge is 0.496 e. The van der Waals surface area contributed by atoms with E-state index in [9.17, 15) is 9.59 Å². The maximum atomic E-state index is 12.5. The van der Waals surface area contributed by atoms with Crippen molar-refractivity contribution in [3.8, 4) is 5.75 Å². The number of pyridine rings is 1. The van der Waals surface area contributed by atoms with Gasteiger partial charge in [-0.3, -0.25) is 14.6 Å². The fraction of sp³-hybridized carbons (Fsp3) is 0.318. The number of para-hydroxylation sites is 1. The van der Waals surface area contributed by atoms with E-state index >= 15 is 0 Å². The Morgan fingerprint density at radius 2 is 2.00 bits per heavy atom. The lowest BCUT2D eigenvalue weighted by Crippen LogP contribution is -2.41. The van der Waals surface area contributed by atoms with Crippen LogP contribution in [0, 0.1) is 5.92 Å². The number of carbonyl (C=O) groups excluding carboxylic acids is 2. The highest BCUT2D eigenvalue weighted by Crippen LogP contribution is 2.20. The molecule has 0 bridgehead atoms. The molecule has 0 radical (unpaired) electrons. The average Bonchev–Trinajstić information content (AvgIpc) is 2.77. The number of nitrogens with zero attached hydrogens (tertiary/aromatic N) is 2. The van der Waals surface area contributed by atoms with Gasteiger partial charge in [0.1, 0.15) is 5.75 Å². The first-order valence-electron chi connectivity index (χ1n) is 9.45. The molecular weight excluding hydrogens is 354 g/mol. The minimum Gasteiger partial charge on any atom is -0.496 e. The number of hydrogen-bond acceptors (Lipinski definition) is 4. The van der Waals surface area contributed by atoms with Crippen LogP contribution in [0.25, 0.3) is 6.08 Å². The van der Waals surface area contributed by atoms with Gasteiger partial charge >= 0.3 is 0 Å². The second-order valence-electron chi connectivity index (χ2n) is 6.80. The van der Waals surface area contributed by atoms with Gasteiger partial charge in [-0.1, -0.05) is 18.2 Å². The van der Waals surface area contributed by atoms with Crippen LogP contribution in [0.4, 0.5) is 0 Å². The number of methoxy groups -OCH3 is 1. The number of ether oxygens (including phenoxy) is 1. The van der Waals surface area contributed by atoms with Gasteiger partial charge in [-0.25, -0.2) is 0 Å². The molecule has 1 aromatic heterocycles. The third kappa shape index (κ3) is 5.19. The number of piperidine rings is 1.